The summed E-state index contributed by atoms with van der Waals surface area (Å²) in [5.41, 5.74) is 0.580. The van der Waals surface area contributed by atoms with Gasteiger partial charge in [0, 0.05) is 13.0 Å². The number of aromatic nitrogens is 3. The number of carbonyl (C=O) groups excluding carboxylic acids is 1. The van der Waals surface area contributed by atoms with E-state index in [1.807, 2.05) is 0 Å². The number of aliphatic hydroxyl groups is 1. The Balaban J connectivity index is 2.21. The number of Topliss-reactive ketones (excluding diaryl/α,β-unsaturated/α-hetero) is 1. The van der Waals surface area contributed by atoms with E-state index in [1.54, 1.807) is 17.8 Å². The van der Waals surface area contributed by atoms with Gasteiger partial charge in [0.15, 0.2) is 0 Å². The van der Waals surface area contributed by atoms with Gasteiger partial charge in [-0.15, -0.1) is 5.10 Å². The summed E-state index contributed by atoms with van der Waals surface area (Å²) in [6, 6.07) is 0. The van der Waals surface area contributed by atoms with Crippen LogP contribution in [0.3, 0.4) is 0 Å². The highest BCUT2D eigenvalue weighted by molar-refractivity contribution is 5.75. The Morgan fingerprint density at radius 3 is 2.93 bits per heavy atom. The standard InChI is InChI=1S/C9H15N3O2/c1-8(14)4-2-3-5-12-6-9(7-13)10-11-12/h6,13H,2-5,7H2,1H3. The van der Waals surface area contributed by atoms with Crippen molar-refractivity contribution in [3.63, 3.8) is 0 Å². The number of aliphatic hydroxyl groups excluding tert-OH is 1. The second-order valence-corrected chi connectivity index (χ2v) is 3.29. The second-order valence-electron chi connectivity index (χ2n) is 3.29. The van der Waals surface area contributed by atoms with Gasteiger partial charge >= 0.3 is 0 Å². The first-order valence-electron chi connectivity index (χ1n) is 4.71. The summed E-state index contributed by atoms with van der Waals surface area (Å²) in [6.07, 6.45) is 4.13. The van der Waals surface area contributed by atoms with Crippen molar-refractivity contribution in [3.05, 3.63) is 11.9 Å². The molecule has 0 bridgehead atoms. The summed E-state index contributed by atoms with van der Waals surface area (Å²) < 4.78 is 1.69. The van der Waals surface area contributed by atoms with Gasteiger partial charge in [-0.25, -0.2) is 0 Å². The van der Waals surface area contributed by atoms with Crippen molar-refractivity contribution in [2.45, 2.75) is 39.3 Å². The Hall–Kier alpha value is -1.23. The maximum Gasteiger partial charge on any atom is 0.129 e. The fraction of sp³-hybridized carbons (Fsp3) is 0.667. The summed E-state index contributed by atoms with van der Waals surface area (Å²) in [7, 11) is 0. The SMILES string of the molecule is CC(=O)CCCCn1cc(CO)nn1. The summed E-state index contributed by atoms with van der Waals surface area (Å²) in [4.78, 5) is 10.6. The van der Waals surface area contributed by atoms with Crippen LogP contribution in [0, 0.1) is 0 Å². The lowest BCUT2D eigenvalue weighted by Gasteiger charge is -1.98. The van der Waals surface area contributed by atoms with Crippen molar-refractivity contribution in [2.75, 3.05) is 0 Å². The molecule has 0 unspecified atom stereocenters. The number of nitrogens with zero attached hydrogens (tertiary/aromatic N) is 3. The van der Waals surface area contributed by atoms with E-state index in [2.05, 4.69) is 10.3 Å². The highest BCUT2D eigenvalue weighted by Gasteiger charge is 1.99. The Labute approximate surface area is 82.7 Å². The number of unbranched alkanes of at least 4 members (excludes halogenated alkanes) is 1. The largest absolute Gasteiger partial charge is 0.390 e. The molecule has 1 aromatic heterocycles. The van der Waals surface area contributed by atoms with Crippen molar-refractivity contribution in [2.24, 2.45) is 0 Å². The van der Waals surface area contributed by atoms with E-state index < -0.39 is 0 Å². The molecule has 0 fully saturated rings. The van der Waals surface area contributed by atoms with Crippen molar-refractivity contribution in [1.29, 1.82) is 0 Å². The molecule has 0 aromatic carbocycles. The van der Waals surface area contributed by atoms with E-state index in [9.17, 15) is 4.79 Å². The van der Waals surface area contributed by atoms with Crippen molar-refractivity contribution < 1.29 is 9.90 Å². The molecular weight excluding hydrogens is 182 g/mol. The molecule has 78 valence electrons. The molecule has 1 rings (SSSR count). The number of ketones is 1. The minimum Gasteiger partial charge on any atom is -0.390 e. The van der Waals surface area contributed by atoms with Gasteiger partial charge in [-0.05, 0) is 19.8 Å². The Morgan fingerprint density at radius 2 is 2.36 bits per heavy atom. The Bertz CT molecular complexity index is 296. The van der Waals surface area contributed by atoms with Gasteiger partial charge in [0.25, 0.3) is 0 Å². The molecule has 1 N–H and O–H groups in total. The highest BCUT2D eigenvalue weighted by atomic mass is 16.3. The van der Waals surface area contributed by atoms with E-state index >= 15 is 0 Å². The van der Waals surface area contributed by atoms with E-state index in [4.69, 9.17) is 5.11 Å². The zero-order valence-electron chi connectivity index (χ0n) is 8.31. The van der Waals surface area contributed by atoms with Crippen LogP contribution in [-0.2, 0) is 17.9 Å². The Kier molecular flexibility index (Phi) is 4.25. The average molecular weight is 197 g/mol. The smallest absolute Gasteiger partial charge is 0.129 e. The Morgan fingerprint density at radius 1 is 1.57 bits per heavy atom. The number of hydrogen-bond acceptors (Lipinski definition) is 4. The number of rotatable bonds is 6. The van der Waals surface area contributed by atoms with Crippen molar-refractivity contribution in [1.82, 2.24) is 15.0 Å². The van der Waals surface area contributed by atoms with Gasteiger partial charge in [0.2, 0.25) is 0 Å². The van der Waals surface area contributed by atoms with Crippen LogP contribution < -0.4 is 0 Å². The third kappa shape index (κ3) is 3.66. The molecule has 0 aliphatic heterocycles. The zero-order chi connectivity index (χ0) is 10.4. The van der Waals surface area contributed by atoms with Crippen LogP contribution in [0.25, 0.3) is 0 Å². The lowest BCUT2D eigenvalue weighted by atomic mass is 10.2. The molecule has 14 heavy (non-hydrogen) atoms. The number of carbonyl (C=O) groups is 1. The van der Waals surface area contributed by atoms with Gasteiger partial charge < -0.3 is 9.90 Å². The minimum absolute atomic E-state index is 0.0759. The maximum atomic E-state index is 10.6. The summed E-state index contributed by atoms with van der Waals surface area (Å²) in [5.74, 6) is 0.222. The molecule has 0 amide bonds. The molecule has 5 heteroatoms. The van der Waals surface area contributed by atoms with E-state index in [1.165, 1.54) is 0 Å². The first kappa shape index (κ1) is 10.8. The summed E-state index contributed by atoms with van der Waals surface area (Å²) >= 11 is 0. The van der Waals surface area contributed by atoms with Crippen LogP contribution in [0.2, 0.25) is 0 Å². The molecule has 0 saturated heterocycles. The third-order valence-electron chi connectivity index (χ3n) is 1.91. The molecule has 1 heterocycles. The molecule has 1 aromatic rings. The molecule has 0 saturated carbocycles. The molecular formula is C9H15N3O2. The third-order valence-corrected chi connectivity index (χ3v) is 1.91. The van der Waals surface area contributed by atoms with Crippen LogP contribution in [0.4, 0.5) is 0 Å². The van der Waals surface area contributed by atoms with Gasteiger partial charge in [-0.2, -0.15) is 0 Å². The molecule has 5 nitrogen and oxygen atoms in total. The lowest BCUT2D eigenvalue weighted by Crippen LogP contribution is -2.00. The van der Waals surface area contributed by atoms with Crippen molar-refractivity contribution in [3.8, 4) is 0 Å². The topological polar surface area (TPSA) is 68.0 Å². The molecule has 0 aliphatic rings. The van der Waals surface area contributed by atoms with Crippen LogP contribution in [0.1, 0.15) is 31.9 Å². The monoisotopic (exact) mass is 197 g/mol. The predicted molar refractivity (Wildman–Crippen MR) is 50.5 cm³/mol. The maximum absolute atomic E-state index is 10.6. The fourth-order valence-corrected chi connectivity index (χ4v) is 1.17. The first-order chi connectivity index (χ1) is 6.72. The van der Waals surface area contributed by atoms with Gasteiger partial charge in [0.1, 0.15) is 11.5 Å². The van der Waals surface area contributed by atoms with E-state index in [0.717, 1.165) is 19.4 Å². The summed E-state index contributed by atoms with van der Waals surface area (Å²) in [5, 5.41) is 16.3. The molecule has 0 aliphatic carbocycles. The molecule has 0 atom stereocenters. The normalized spacial score (nSPS) is 10.4. The van der Waals surface area contributed by atoms with Gasteiger partial charge in [0.05, 0.1) is 12.8 Å². The van der Waals surface area contributed by atoms with Crippen LogP contribution in [0.15, 0.2) is 6.20 Å². The summed E-state index contributed by atoms with van der Waals surface area (Å²) in [6.45, 7) is 2.27. The predicted octanol–water partition coefficient (Wildman–Crippen LogP) is 0.530. The lowest BCUT2D eigenvalue weighted by molar-refractivity contribution is -0.117. The van der Waals surface area contributed by atoms with Gasteiger partial charge in [-0.3, -0.25) is 4.68 Å². The first-order valence-corrected chi connectivity index (χ1v) is 4.71. The van der Waals surface area contributed by atoms with Crippen molar-refractivity contribution >= 4 is 5.78 Å². The fourth-order valence-electron chi connectivity index (χ4n) is 1.17. The van der Waals surface area contributed by atoms with Crippen LogP contribution >= 0.6 is 0 Å². The zero-order valence-corrected chi connectivity index (χ0v) is 8.31. The van der Waals surface area contributed by atoms with Crippen LogP contribution in [-0.4, -0.2) is 25.9 Å². The minimum atomic E-state index is -0.0759. The van der Waals surface area contributed by atoms with E-state index in [0.29, 0.717) is 12.1 Å². The average Bonchev–Trinajstić information content (AvgIpc) is 2.60. The molecule has 0 radical (unpaired) electrons. The number of hydrogen-bond donors (Lipinski definition) is 1. The van der Waals surface area contributed by atoms with Crippen LogP contribution in [0.5, 0.6) is 0 Å². The van der Waals surface area contributed by atoms with E-state index in [-0.39, 0.29) is 12.4 Å². The number of aryl methyl sites for hydroxylation is 1. The second kappa shape index (κ2) is 5.49. The molecule has 0 spiro atoms. The van der Waals surface area contributed by atoms with Gasteiger partial charge in [-0.1, -0.05) is 5.21 Å². The quantitative estimate of drug-likeness (QED) is 0.675. The highest BCUT2D eigenvalue weighted by Crippen LogP contribution is 2.00.